The molecular formula is C15H28O3. The van der Waals surface area contributed by atoms with Crippen LogP contribution in [0.4, 0.5) is 0 Å². The lowest BCUT2D eigenvalue weighted by molar-refractivity contribution is -0.185. The molecule has 2 unspecified atom stereocenters. The Bertz CT molecular complexity index is 314. The minimum Gasteiger partial charge on any atom is -0.460 e. The van der Waals surface area contributed by atoms with Crippen LogP contribution < -0.4 is 0 Å². The van der Waals surface area contributed by atoms with Crippen molar-refractivity contribution in [1.29, 1.82) is 0 Å². The third kappa shape index (κ3) is 3.05. The fourth-order valence-corrected chi connectivity index (χ4v) is 2.90. The first-order chi connectivity index (χ1) is 8.00. The Morgan fingerprint density at radius 3 is 2.17 bits per heavy atom. The lowest BCUT2D eigenvalue weighted by Crippen LogP contribution is -2.55. The van der Waals surface area contributed by atoms with Crippen molar-refractivity contribution in [2.75, 3.05) is 0 Å². The highest BCUT2D eigenvalue weighted by molar-refractivity contribution is 5.74. The molecule has 0 aliphatic heterocycles. The van der Waals surface area contributed by atoms with E-state index in [-0.39, 0.29) is 11.4 Å². The monoisotopic (exact) mass is 256 g/mol. The minimum absolute atomic E-state index is 0.235. The van der Waals surface area contributed by atoms with E-state index in [1.807, 2.05) is 34.6 Å². The van der Waals surface area contributed by atoms with Gasteiger partial charge < -0.3 is 9.84 Å². The second-order valence-corrected chi connectivity index (χ2v) is 7.27. The number of ether oxygens (including phenoxy) is 1. The van der Waals surface area contributed by atoms with Gasteiger partial charge in [0.05, 0.1) is 11.5 Å². The van der Waals surface area contributed by atoms with Crippen molar-refractivity contribution >= 4 is 5.97 Å². The first kappa shape index (κ1) is 15.5. The first-order valence-corrected chi connectivity index (χ1v) is 6.95. The number of carbonyl (C=O) groups is 1. The van der Waals surface area contributed by atoms with Gasteiger partial charge in [-0.05, 0) is 46.0 Å². The maximum absolute atomic E-state index is 12.2. The average Bonchev–Trinajstić information content (AvgIpc) is 2.18. The highest BCUT2D eigenvalue weighted by atomic mass is 16.6. The Balaban J connectivity index is 2.87. The Hall–Kier alpha value is -0.570. The predicted molar refractivity (Wildman–Crippen MR) is 72.2 cm³/mol. The Kier molecular flexibility index (Phi) is 4.16. The summed E-state index contributed by atoms with van der Waals surface area (Å²) >= 11 is 0. The van der Waals surface area contributed by atoms with Crippen molar-refractivity contribution in [3.8, 4) is 0 Å². The molecule has 106 valence electrons. The highest BCUT2D eigenvalue weighted by Crippen LogP contribution is 2.48. The van der Waals surface area contributed by atoms with Crippen LogP contribution >= 0.6 is 0 Å². The van der Waals surface area contributed by atoms with E-state index in [1.165, 1.54) is 0 Å². The van der Waals surface area contributed by atoms with Gasteiger partial charge in [-0.3, -0.25) is 4.79 Å². The van der Waals surface area contributed by atoms with Crippen LogP contribution in [0.25, 0.3) is 0 Å². The standard InChI is InChI=1S/C15H28O3/c1-11(12(16)18-13(2,3)4)15(17)10-8-7-9-14(15,5)6/h11,17H,7-10H2,1-6H3. The van der Waals surface area contributed by atoms with Crippen molar-refractivity contribution in [3.63, 3.8) is 0 Å². The summed E-state index contributed by atoms with van der Waals surface area (Å²) in [5, 5.41) is 10.9. The summed E-state index contributed by atoms with van der Waals surface area (Å²) in [5.41, 5.74) is -1.68. The third-order valence-corrected chi connectivity index (χ3v) is 4.26. The first-order valence-electron chi connectivity index (χ1n) is 6.95. The van der Waals surface area contributed by atoms with Crippen LogP contribution in [0.2, 0.25) is 0 Å². The molecule has 0 aromatic rings. The van der Waals surface area contributed by atoms with E-state index < -0.39 is 17.1 Å². The molecule has 0 radical (unpaired) electrons. The smallest absolute Gasteiger partial charge is 0.312 e. The zero-order chi connectivity index (χ0) is 14.2. The SMILES string of the molecule is CC(C(=O)OC(C)(C)C)C1(O)CCCCC1(C)C. The fraction of sp³-hybridized carbons (Fsp3) is 0.933. The Morgan fingerprint density at radius 1 is 1.22 bits per heavy atom. The minimum atomic E-state index is -0.951. The number of hydrogen-bond donors (Lipinski definition) is 1. The van der Waals surface area contributed by atoms with Crippen molar-refractivity contribution in [1.82, 2.24) is 0 Å². The zero-order valence-corrected chi connectivity index (χ0v) is 12.7. The molecule has 0 bridgehead atoms. The number of aliphatic hydroxyl groups is 1. The molecule has 3 heteroatoms. The van der Waals surface area contributed by atoms with E-state index in [4.69, 9.17) is 4.74 Å². The number of rotatable bonds is 2. The topological polar surface area (TPSA) is 46.5 Å². The molecule has 0 aromatic carbocycles. The van der Waals surface area contributed by atoms with Crippen LogP contribution in [0, 0.1) is 11.3 Å². The summed E-state index contributed by atoms with van der Waals surface area (Å²) in [4.78, 5) is 12.2. The van der Waals surface area contributed by atoms with Gasteiger partial charge in [-0.1, -0.05) is 26.7 Å². The molecule has 0 saturated heterocycles. The molecule has 1 aliphatic carbocycles. The van der Waals surface area contributed by atoms with Gasteiger partial charge in [-0.2, -0.15) is 0 Å². The van der Waals surface area contributed by atoms with E-state index >= 15 is 0 Å². The van der Waals surface area contributed by atoms with Crippen LogP contribution in [0.1, 0.15) is 67.2 Å². The second-order valence-electron chi connectivity index (χ2n) is 7.27. The van der Waals surface area contributed by atoms with Gasteiger partial charge in [0.1, 0.15) is 5.60 Å². The second kappa shape index (κ2) is 4.84. The van der Waals surface area contributed by atoms with Crippen molar-refractivity contribution in [3.05, 3.63) is 0 Å². The van der Waals surface area contributed by atoms with E-state index in [9.17, 15) is 9.90 Å². The Labute approximate surface area is 111 Å². The number of esters is 1. The maximum atomic E-state index is 12.2. The average molecular weight is 256 g/mol. The van der Waals surface area contributed by atoms with Crippen molar-refractivity contribution in [2.24, 2.45) is 11.3 Å². The van der Waals surface area contributed by atoms with Gasteiger partial charge in [0, 0.05) is 0 Å². The van der Waals surface area contributed by atoms with Crippen LogP contribution in [0.15, 0.2) is 0 Å². The number of carbonyl (C=O) groups excluding carboxylic acids is 1. The summed E-state index contributed by atoms with van der Waals surface area (Å²) in [5.74, 6) is -0.771. The molecule has 2 atom stereocenters. The molecule has 1 saturated carbocycles. The molecule has 1 fully saturated rings. The largest absolute Gasteiger partial charge is 0.460 e. The summed E-state index contributed by atoms with van der Waals surface area (Å²) in [6.45, 7) is 11.5. The van der Waals surface area contributed by atoms with Crippen LogP contribution in [-0.4, -0.2) is 22.3 Å². The van der Waals surface area contributed by atoms with Crippen LogP contribution in [0.3, 0.4) is 0 Å². The summed E-state index contributed by atoms with van der Waals surface area (Å²) in [6.07, 6.45) is 3.74. The molecular weight excluding hydrogens is 228 g/mol. The lowest BCUT2D eigenvalue weighted by atomic mass is 9.60. The normalized spacial score (nSPS) is 29.7. The van der Waals surface area contributed by atoms with Gasteiger partial charge >= 0.3 is 5.97 Å². The molecule has 0 spiro atoms. The molecule has 1 N–H and O–H groups in total. The molecule has 1 rings (SSSR count). The van der Waals surface area contributed by atoms with E-state index in [0.717, 1.165) is 19.3 Å². The number of hydrogen-bond acceptors (Lipinski definition) is 3. The third-order valence-electron chi connectivity index (χ3n) is 4.26. The van der Waals surface area contributed by atoms with Gasteiger partial charge in [-0.25, -0.2) is 0 Å². The molecule has 1 aliphatic rings. The van der Waals surface area contributed by atoms with E-state index in [0.29, 0.717) is 6.42 Å². The summed E-state index contributed by atoms with van der Waals surface area (Å²) in [7, 11) is 0. The van der Waals surface area contributed by atoms with Crippen molar-refractivity contribution < 1.29 is 14.6 Å². The Morgan fingerprint density at radius 2 is 1.72 bits per heavy atom. The predicted octanol–water partition coefficient (Wildman–Crippen LogP) is 3.30. The highest BCUT2D eigenvalue weighted by Gasteiger charge is 2.52. The van der Waals surface area contributed by atoms with Gasteiger partial charge in [0.2, 0.25) is 0 Å². The molecule has 0 aromatic heterocycles. The van der Waals surface area contributed by atoms with Gasteiger partial charge in [-0.15, -0.1) is 0 Å². The van der Waals surface area contributed by atoms with Gasteiger partial charge in [0.25, 0.3) is 0 Å². The molecule has 0 heterocycles. The molecule has 0 amide bonds. The molecule has 18 heavy (non-hydrogen) atoms. The lowest BCUT2D eigenvalue weighted by Gasteiger charge is -2.49. The van der Waals surface area contributed by atoms with Gasteiger partial charge in [0.15, 0.2) is 0 Å². The summed E-state index contributed by atoms with van der Waals surface area (Å²) < 4.78 is 5.41. The van der Waals surface area contributed by atoms with Crippen LogP contribution in [0.5, 0.6) is 0 Å². The fourth-order valence-electron chi connectivity index (χ4n) is 2.90. The van der Waals surface area contributed by atoms with E-state index in [1.54, 1.807) is 6.92 Å². The van der Waals surface area contributed by atoms with Crippen molar-refractivity contribution in [2.45, 2.75) is 78.4 Å². The van der Waals surface area contributed by atoms with Crippen LogP contribution in [-0.2, 0) is 9.53 Å². The molecule has 3 nitrogen and oxygen atoms in total. The quantitative estimate of drug-likeness (QED) is 0.771. The zero-order valence-electron chi connectivity index (χ0n) is 12.7. The maximum Gasteiger partial charge on any atom is 0.312 e. The summed E-state index contributed by atoms with van der Waals surface area (Å²) in [6, 6.07) is 0. The van der Waals surface area contributed by atoms with E-state index in [2.05, 4.69) is 0 Å².